The van der Waals surface area contributed by atoms with E-state index in [9.17, 15) is 4.79 Å². The van der Waals surface area contributed by atoms with Crippen molar-refractivity contribution in [2.75, 3.05) is 13.6 Å². The third-order valence-electron chi connectivity index (χ3n) is 4.12. The number of amides is 1. The summed E-state index contributed by atoms with van der Waals surface area (Å²) in [5.74, 6) is 1.13. The molecule has 1 rings (SSSR count). The highest BCUT2D eigenvalue weighted by atomic mass is 35.5. The molecule has 0 aromatic carbocycles. The second-order valence-electron chi connectivity index (χ2n) is 5.49. The summed E-state index contributed by atoms with van der Waals surface area (Å²) in [6.45, 7) is 2.55. The molecule has 0 aromatic rings. The quantitative estimate of drug-likeness (QED) is 0.811. The molecule has 1 unspecified atom stereocenters. The number of carbonyl (C=O) groups is 1. The van der Waals surface area contributed by atoms with Gasteiger partial charge < -0.3 is 10.6 Å². The molecule has 1 atom stereocenters. The highest BCUT2D eigenvalue weighted by Crippen LogP contribution is 2.27. The molecule has 1 amide bonds. The third-order valence-corrected chi connectivity index (χ3v) is 4.12. The second kappa shape index (κ2) is 9.62. The van der Waals surface area contributed by atoms with Gasteiger partial charge in [0.15, 0.2) is 0 Å². The monoisotopic (exact) mass is 276 g/mol. The van der Waals surface area contributed by atoms with Crippen LogP contribution in [0, 0.1) is 5.92 Å². The van der Waals surface area contributed by atoms with Crippen LogP contribution >= 0.6 is 12.4 Å². The molecule has 4 heteroatoms. The van der Waals surface area contributed by atoms with E-state index in [2.05, 4.69) is 0 Å². The van der Waals surface area contributed by atoms with Crippen LogP contribution in [0.15, 0.2) is 0 Å². The van der Waals surface area contributed by atoms with Crippen LogP contribution in [0.4, 0.5) is 0 Å². The molecule has 0 radical (unpaired) electrons. The van der Waals surface area contributed by atoms with Gasteiger partial charge in [0.2, 0.25) is 5.91 Å². The molecule has 0 saturated heterocycles. The van der Waals surface area contributed by atoms with Crippen molar-refractivity contribution >= 4 is 18.3 Å². The Bertz CT molecular complexity index is 230. The van der Waals surface area contributed by atoms with Crippen molar-refractivity contribution in [1.82, 2.24) is 4.90 Å². The van der Waals surface area contributed by atoms with Crippen molar-refractivity contribution in [3.8, 4) is 0 Å². The van der Waals surface area contributed by atoms with Crippen molar-refractivity contribution in [3.05, 3.63) is 0 Å². The lowest BCUT2D eigenvalue weighted by Crippen LogP contribution is -2.39. The van der Waals surface area contributed by atoms with E-state index in [1.165, 1.54) is 38.5 Å². The average Bonchev–Trinajstić information content (AvgIpc) is 2.38. The van der Waals surface area contributed by atoms with Gasteiger partial charge in [-0.2, -0.15) is 0 Å². The van der Waals surface area contributed by atoms with Crippen LogP contribution in [0.3, 0.4) is 0 Å². The Morgan fingerprint density at radius 1 is 1.33 bits per heavy atom. The maximum atomic E-state index is 11.9. The first kappa shape index (κ1) is 17.7. The maximum absolute atomic E-state index is 11.9. The largest absolute Gasteiger partial charge is 0.342 e. The van der Waals surface area contributed by atoms with Crippen LogP contribution in [0.5, 0.6) is 0 Å². The summed E-state index contributed by atoms with van der Waals surface area (Å²) >= 11 is 0. The van der Waals surface area contributed by atoms with Gasteiger partial charge in [0.1, 0.15) is 0 Å². The van der Waals surface area contributed by atoms with E-state index < -0.39 is 0 Å². The summed E-state index contributed by atoms with van der Waals surface area (Å²) < 4.78 is 0. The zero-order chi connectivity index (χ0) is 12.7. The van der Waals surface area contributed by atoms with Crippen LogP contribution in [0.25, 0.3) is 0 Å². The smallest absolute Gasteiger partial charge is 0.222 e. The van der Waals surface area contributed by atoms with Gasteiger partial charge in [-0.05, 0) is 25.7 Å². The molecule has 3 nitrogen and oxygen atoms in total. The predicted octanol–water partition coefficient (Wildman–Crippen LogP) is 2.96. The number of halogens is 1. The first-order valence-electron chi connectivity index (χ1n) is 7.11. The standard InChI is InChI=1S/C14H28N2O.ClH/c1-12(11-15)16(2)14(17)10-6-9-13-7-4-3-5-8-13;/h12-13H,3-11,15H2,1-2H3;1H. The summed E-state index contributed by atoms with van der Waals surface area (Å²) in [4.78, 5) is 13.6. The Kier molecular flexibility index (Phi) is 9.47. The minimum absolute atomic E-state index is 0. The highest BCUT2D eigenvalue weighted by Gasteiger charge is 2.16. The van der Waals surface area contributed by atoms with E-state index in [0.29, 0.717) is 13.0 Å². The molecule has 0 bridgehead atoms. The second-order valence-corrected chi connectivity index (χ2v) is 5.49. The minimum atomic E-state index is 0. The van der Waals surface area contributed by atoms with Crippen LogP contribution in [0.1, 0.15) is 58.3 Å². The topological polar surface area (TPSA) is 46.3 Å². The molecule has 0 aliphatic heterocycles. The van der Waals surface area contributed by atoms with E-state index in [1.807, 2.05) is 14.0 Å². The Morgan fingerprint density at radius 2 is 1.94 bits per heavy atom. The van der Waals surface area contributed by atoms with Crippen molar-refractivity contribution < 1.29 is 4.79 Å². The zero-order valence-electron chi connectivity index (χ0n) is 11.9. The Hall–Kier alpha value is -0.280. The van der Waals surface area contributed by atoms with Gasteiger partial charge in [-0.3, -0.25) is 4.79 Å². The zero-order valence-corrected chi connectivity index (χ0v) is 12.7. The SMILES string of the molecule is CC(CN)N(C)C(=O)CCCC1CCCCC1.Cl. The van der Waals surface area contributed by atoms with Gasteiger partial charge in [-0.25, -0.2) is 0 Å². The molecule has 0 heterocycles. The Balaban J connectivity index is 0.00000289. The summed E-state index contributed by atoms with van der Waals surface area (Å²) in [5.41, 5.74) is 5.56. The average molecular weight is 277 g/mol. The molecule has 108 valence electrons. The van der Waals surface area contributed by atoms with E-state index in [1.54, 1.807) is 4.90 Å². The van der Waals surface area contributed by atoms with Crippen LogP contribution in [0.2, 0.25) is 0 Å². The molecule has 2 N–H and O–H groups in total. The van der Waals surface area contributed by atoms with Crippen molar-refractivity contribution in [3.63, 3.8) is 0 Å². The van der Waals surface area contributed by atoms with Crippen LogP contribution in [-0.2, 0) is 4.79 Å². The van der Waals surface area contributed by atoms with Gasteiger partial charge in [0.05, 0.1) is 0 Å². The van der Waals surface area contributed by atoms with E-state index in [4.69, 9.17) is 5.73 Å². The van der Waals surface area contributed by atoms with E-state index in [-0.39, 0.29) is 24.4 Å². The fraction of sp³-hybridized carbons (Fsp3) is 0.929. The maximum Gasteiger partial charge on any atom is 0.222 e. The predicted molar refractivity (Wildman–Crippen MR) is 79.0 cm³/mol. The van der Waals surface area contributed by atoms with Gasteiger partial charge in [0.25, 0.3) is 0 Å². The molecular formula is C14H29ClN2O. The fourth-order valence-corrected chi connectivity index (χ4v) is 2.60. The highest BCUT2D eigenvalue weighted by molar-refractivity contribution is 5.85. The van der Waals surface area contributed by atoms with E-state index >= 15 is 0 Å². The first-order valence-corrected chi connectivity index (χ1v) is 7.11. The third kappa shape index (κ3) is 6.05. The molecule has 18 heavy (non-hydrogen) atoms. The first-order chi connectivity index (χ1) is 8.15. The van der Waals surface area contributed by atoms with Crippen molar-refractivity contribution in [2.45, 2.75) is 64.3 Å². The number of rotatable bonds is 6. The molecule has 1 aliphatic rings. The molecule has 1 fully saturated rings. The number of nitrogens with zero attached hydrogens (tertiary/aromatic N) is 1. The lowest BCUT2D eigenvalue weighted by atomic mass is 9.86. The number of carbonyl (C=O) groups excluding carboxylic acids is 1. The summed E-state index contributed by atoms with van der Waals surface area (Å²) in [5, 5.41) is 0. The normalized spacial score (nSPS) is 17.9. The molecule has 0 aromatic heterocycles. The van der Waals surface area contributed by atoms with Crippen LogP contribution in [-0.4, -0.2) is 30.4 Å². The fourth-order valence-electron chi connectivity index (χ4n) is 2.60. The molecule has 0 spiro atoms. The summed E-state index contributed by atoms with van der Waals surface area (Å²) in [7, 11) is 1.86. The Labute approximate surface area is 118 Å². The van der Waals surface area contributed by atoms with Gasteiger partial charge >= 0.3 is 0 Å². The number of nitrogens with two attached hydrogens (primary N) is 1. The van der Waals surface area contributed by atoms with Crippen molar-refractivity contribution in [1.29, 1.82) is 0 Å². The van der Waals surface area contributed by atoms with E-state index in [0.717, 1.165) is 12.3 Å². The molecule has 1 aliphatic carbocycles. The minimum Gasteiger partial charge on any atom is -0.342 e. The van der Waals surface area contributed by atoms with Crippen molar-refractivity contribution in [2.24, 2.45) is 11.7 Å². The summed E-state index contributed by atoms with van der Waals surface area (Å²) in [6, 6.07) is 0.164. The number of likely N-dealkylation sites (N-methyl/N-ethyl adjacent to an activating group) is 1. The lowest BCUT2D eigenvalue weighted by Gasteiger charge is -2.25. The Morgan fingerprint density at radius 3 is 2.50 bits per heavy atom. The van der Waals surface area contributed by atoms with Gasteiger partial charge in [-0.1, -0.05) is 32.1 Å². The van der Waals surface area contributed by atoms with Crippen LogP contribution < -0.4 is 5.73 Å². The molecule has 1 saturated carbocycles. The van der Waals surface area contributed by atoms with Gasteiger partial charge in [-0.15, -0.1) is 12.4 Å². The lowest BCUT2D eigenvalue weighted by molar-refractivity contribution is -0.131. The molecular weight excluding hydrogens is 248 g/mol. The number of hydrogen-bond acceptors (Lipinski definition) is 2. The number of hydrogen-bond donors (Lipinski definition) is 1. The summed E-state index contributed by atoms with van der Waals surface area (Å²) in [6.07, 6.45) is 9.92. The van der Waals surface area contributed by atoms with Gasteiger partial charge in [0, 0.05) is 26.1 Å².